The Morgan fingerprint density at radius 2 is 1.08 bits per heavy atom. The van der Waals surface area contributed by atoms with Crippen molar-refractivity contribution in [1.29, 1.82) is 0 Å². The summed E-state index contributed by atoms with van der Waals surface area (Å²) in [6.45, 7) is 14.9. The Balaban J connectivity index is 2.40. The van der Waals surface area contributed by atoms with Crippen molar-refractivity contribution in [2.75, 3.05) is 0 Å². The van der Waals surface area contributed by atoms with Crippen LogP contribution in [0, 0.1) is 34.5 Å². The summed E-state index contributed by atoms with van der Waals surface area (Å²) in [5.41, 5.74) is 1.12. The minimum atomic E-state index is 0.559. The average molecular weight is 180 g/mol. The third-order valence-electron chi connectivity index (χ3n) is 6.12. The summed E-state index contributed by atoms with van der Waals surface area (Å²) in [5, 5.41) is 0. The van der Waals surface area contributed by atoms with Gasteiger partial charge in [-0.1, -0.05) is 41.5 Å². The van der Waals surface area contributed by atoms with Gasteiger partial charge in [-0.3, -0.25) is 0 Å². The summed E-state index contributed by atoms with van der Waals surface area (Å²) >= 11 is 0. The zero-order chi connectivity index (χ0) is 10.0. The van der Waals surface area contributed by atoms with Crippen LogP contribution >= 0.6 is 0 Å². The van der Waals surface area contributed by atoms with Gasteiger partial charge in [-0.2, -0.15) is 0 Å². The standard InChI is InChI=1S/C13H24/c1-8-9(2)11-7-10(8)12(3,4)13(11,5)6/h8-11H,7H2,1-6H3. The van der Waals surface area contributed by atoms with E-state index >= 15 is 0 Å². The minimum Gasteiger partial charge on any atom is -0.0620 e. The maximum absolute atomic E-state index is 2.49. The van der Waals surface area contributed by atoms with E-state index in [0.29, 0.717) is 10.8 Å². The second kappa shape index (κ2) is 2.32. The Hall–Kier alpha value is 0. The summed E-state index contributed by atoms with van der Waals surface area (Å²) in [7, 11) is 0. The van der Waals surface area contributed by atoms with E-state index in [1.165, 1.54) is 6.42 Å². The maximum Gasteiger partial charge on any atom is -0.0269 e. The van der Waals surface area contributed by atoms with Crippen LogP contribution in [0.3, 0.4) is 0 Å². The zero-order valence-corrected chi connectivity index (χ0v) is 10.0. The van der Waals surface area contributed by atoms with Crippen molar-refractivity contribution < 1.29 is 0 Å². The molecule has 0 N–H and O–H groups in total. The summed E-state index contributed by atoms with van der Waals surface area (Å²) < 4.78 is 0. The summed E-state index contributed by atoms with van der Waals surface area (Å²) in [6.07, 6.45) is 1.49. The predicted octanol–water partition coefficient (Wildman–Crippen LogP) is 3.96. The molecule has 0 aromatic heterocycles. The molecule has 0 aliphatic heterocycles. The zero-order valence-electron chi connectivity index (χ0n) is 10.0. The molecule has 2 bridgehead atoms. The van der Waals surface area contributed by atoms with Crippen LogP contribution in [0.4, 0.5) is 0 Å². The van der Waals surface area contributed by atoms with E-state index in [1.54, 1.807) is 0 Å². The molecule has 2 saturated carbocycles. The van der Waals surface area contributed by atoms with Gasteiger partial charge in [0.2, 0.25) is 0 Å². The van der Waals surface area contributed by atoms with Crippen molar-refractivity contribution in [1.82, 2.24) is 0 Å². The number of hydrogen-bond acceptors (Lipinski definition) is 0. The van der Waals surface area contributed by atoms with Crippen LogP contribution < -0.4 is 0 Å². The first-order valence-electron chi connectivity index (χ1n) is 5.80. The molecule has 2 aliphatic carbocycles. The number of fused-ring (bicyclic) bond motifs is 2. The number of hydrogen-bond donors (Lipinski definition) is 0. The molecule has 2 rings (SSSR count). The van der Waals surface area contributed by atoms with Crippen LogP contribution in [0.5, 0.6) is 0 Å². The van der Waals surface area contributed by atoms with Crippen LogP contribution in [0.1, 0.15) is 48.0 Å². The van der Waals surface area contributed by atoms with Gasteiger partial charge in [-0.05, 0) is 40.9 Å². The normalized spacial score (nSPS) is 51.2. The van der Waals surface area contributed by atoms with Crippen molar-refractivity contribution >= 4 is 0 Å². The first-order valence-corrected chi connectivity index (χ1v) is 5.80. The molecule has 2 fully saturated rings. The van der Waals surface area contributed by atoms with Gasteiger partial charge in [0.25, 0.3) is 0 Å². The second-order valence-electron chi connectivity index (χ2n) is 6.61. The van der Waals surface area contributed by atoms with E-state index in [1.807, 2.05) is 0 Å². The van der Waals surface area contributed by atoms with Gasteiger partial charge >= 0.3 is 0 Å². The van der Waals surface area contributed by atoms with E-state index in [-0.39, 0.29) is 0 Å². The molecule has 0 amide bonds. The molecule has 76 valence electrons. The highest BCUT2D eigenvalue weighted by Gasteiger charge is 2.62. The molecule has 0 heterocycles. The molecule has 2 aliphatic rings. The van der Waals surface area contributed by atoms with Crippen LogP contribution in [-0.2, 0) is 0 Å². The molecule has 0 radical (unpaired) electrons. The summed E-state index contributed by atoms with van der Waals surface area (Å²) in [4.78, 5) is 0. The summed E-state index contributed by atoms with van der Waals surface area (Å²) in [5.74, 6) is 3.85. The van der Waals surface area contributed by atoms with Gasteiger partial charge in [-0.15, -0.1) is 0 Å². The third kappa shape index (κ3) is 0.877. The highest BCUT2D eigenvalue weighted by molar-refractivity contribution is 5.11. The van der Waals surface area contributed by atoms with E-state index in [2.05, 4.69) is 41.5 Å². The van der Waals surface area contributed by atoms with E-state index in [9.17, 15) is 0 Å². The molecule has 13 heavy (non-hydrogen) atoms. The van der Waals surface area contributed by atoms with Gasteiger partial charge in [0, 0.05) is 0 Å². The third-order valence-corrected chi connectivity index (χ3v) is 6.12. The smallest absolute Gasteiger partial charge is 0.0269 e. The Kier molecular flexibility index (Phi) is 1.71. The molecule has 0 aromatic rings. The lowest BCUT2D eigenvalue weighted by molar-refractivity contribution is -0.0201. The van der Waals surface area contributed by atoms with Crippen molar-refractivity contribution in [3.63, 3.8) is 0 Å². The Bertz CT molecular complexity index is 200. The molecular formula is C13H24. The van der Waals surface area contributed by atoms with E-state index in [0.717, 1.165) is 23.7 Å². The van der Waals surface area contributed by atoms with Gasteiger partial charge in [-0.25, -0.2) is 0 Å². The van der Waals surface area contributed by atoms with Gasteiger partial charge < -0.3 is 0 Å². The first kappa shape index (κ1) is 9.55. The lowest BCUT2D eigenvalue weighted by Gasteiger charge is -2.50. The molecule has 0 aromatic carbocycles. The van der Waals surface area contributed by atoms with Crippen molar-refractivity contribution in [3.8, 4) is 0 Å². The molecule has 0 saturated heterocycles. The largest absolute Gasteiger partial charge is 0.0620 e. The predicted molar refractivity (Wildman–Crippen MR) is 57.5 cm³/mol. The van der Waals surface area contributed by atoms with E-state index in [4.69, 9.17) is 0 Å². The molecule has 4 unspecified atom stereocenters. The maximum atomic E-state index is 2.49. The quantitative estimate of drug-likeness (QED) is 0.529. The first-order chi connectivity index (χ1) is 5.80. The van der Waals surface area contributed by atoms with Gasteiger partial charge in [0.05, 0.1) is 0 Å². The van der Waals surface area contributed by atoms with Crippen molar-refractivity contribution in [3.05, 3.63) is 0 Å². The summed E-state index contributed by atoms with van der Waals surface area (Å²) in [6, 6.07) is 0. The fourth-order valence-corrected chi connectivity index (χ4v) is 4.30. The number of rotatable bonds is 0. The Morgan fingerprint density at radius 3 is 1.31 bits per heavy atom. The van der Waals surface area contributed by atoms with Crippen LogP contribution in [0.15, 0.2) is 0 Å². The second-order valence-corrected chi connectivity index (χ2v) is 6.61. The minimum absolute atomic E-state index is 0.559. The van der Waals surface area contributed by atoms with Crippen LogP contribution in [0.2, 0.25) is 0 Å². The Morgan fingerprint density at radius 1 is 0.769 bits per heavy atom. The molecule has 0 spiro atoms. The van der Waals surface area contributed by atoms with Crippen LogP contribution in [0.25, 0.3) is 0 Å². The molecule has 0 heteroatoms. The van der Waals surface area contributed by atoms with Crippen molar-refractivity contribution in [2.24, 2.45) is 34.5 Å². The fourth-order valence-electron chi connectivity index (χ4n) is 4.30. The lowest BCUT2D eigenvalue weighted by atomic mass is 9.55. The van der Waals surface area contributed by atoms with Crippen molar-refractivity contribution in [2.45, 2.75) is 48.0 Å². The van der Waals surface area contributed by atoms with Gasteiger partial charge in [0.15, 0.2) is 0 Å². The average Bonchev–Trinajstić information content (AvgIpc) is 2.36. The SMILES string of the molecule is CC1C(C)C2CC1C(C)(C)C2(C)C. The van der Waals surface area contributed by atoms with E-state index < -0.39 is 0 Å². The molecule has 4 atom stereocenters. The molecule has 0 nitrogen and oxygen atoms in total. The lowest BCUT2D eigenvalue weighted by Crippen LogP contribution is -2.44. The molecular weight excluding hydrogens is 156 g/mol. The monoisotopic (exact) mass is 180 g/mol. The fraction of sp³-hybridized carbons (Fsp3) is 1.00. The Labute approximate surface area is 83.1 Å². The highest BCUT2D eigenvalue weighted by Crippen LogP contribution is 2.69. The highest BCUT2D eigenvalue weighted by atomic mass is 14.7. The topological polar surface area (TPSA) is 0 Å². The van der Waals surface area contributed by atoms with Crippen LogP contribution in [-0.4, -0.2) is 0 Å². The van der Waals surface area contributed by atoms with Gasteiger partial charge in [0.1, 0.15) is 0 Å².